The number of rotatable bonds is 2. The molecule has 19 heavy (non-hydrogen) atoms. The number of hydrogen-bond donors (Lipinski definition) is 0. The van der Waals surface area contributed by atoms with E-state index in [-0.39, 0.29) is 5.41 Å². The summed E-state index contributed by atoms with van der Waals surface area (Å²) < 4.78 is 0. The SMILES string of the molecule is CC(C)N1CCN(c2cnc(C(C)(C)C)nc2)CC1. The minimum Gasteiger partial charge on any atom is -0.366 e. The van der Waals surface area contributed by atoms with Crippen LogP contribution >= 0.6 is 0 Å². The second-order valence-electron chi connectivity index (χ2n) is 6.63. The number of hydrogen-bond acceptors (Lipinski definition) is 4. The van der Waals surface area contributed by atoms with Gasteiger partial charge in [-0.3, -0.25) is 4.90 Å². The molecule has 0 radical (unpaired) electrons. The first-order valence-corrected chi connectivity index (χ1v) is 7.19. The highest BCUT2D eigenvalue weighted by molar-refractivity contribution is 5.42. The molecule has 0 amide bonds. The lowest BCUT2D eigenvalue weighted by Crippen LogP contribution is -2.49. The molecule has 0 atom stereocenters. The molecule has 0 bridgehead atoms. The van der Waals surface area contributed by atoms with Crippen molar-refractivity contribution in [2.45, 2.75) is 46.1 Å². The average molecular weight is 262 g/mol. The van der Waals surface area contributed by atoms with Crippen LogP contribution in [0.15, 0.2) is 12.4 Å². The average Bonchev–Trinajstić information content (AvgIpc) is 2.38. The molecule has 0 saturated carbocycles. The van der Waals surface area contributed by atoms with Crippen molar-refractivity contribution in [1.29, 1.82) is 0 Å². The lowest BCUT2D eigenvalue weighted by atomic mass is 9.96. The summed E-state index contributed by atoms with van der Waals surface area (Å²) in [4.78, 5) is 13.9. The molecule has 106 valence electrons. The maximum Gasteiger partial charge on any atom is 0.133 e. The van der Waals surface area contributed by atoms with Crippen LogP contribution in [0, 0.1) is 0 Å². The van der Waals surface area contributed by atoms with Crippen LogP contribution in [0.4, 0.5) is 5.69 Å². The van der Waals surface area contributed by atoms with E-state index in [1.807, 2.05) is 12.4 Å². The number of nitrogens with zero attached hydrogens (tertiary/aromatic N) is 4. The Labute approximate surface area is 116 Å². The van der Waals surface area contributed by atoms with Crippen molar-refractivity contribution in [1.82, 2.24) is 14.9 Å². The van der Waals surface area contributed by atoms with Crippen LogP contribution in [0.5, 0.6) is 0 Å². The lowest BCUT2D eigenvalue weighted by molar-refractivity contribution is 0.209. The van der Waals surface area contributed by atoms with Gasteiger partial charge in [0, 0.05) is 37.6 Å². The third-order valence-corrected chi connectivity index (χ3v) is 3.72. The van der Waals surface area contributed by atoms with Crippen LogP contribution in [-0.2, 0) is 5.41 Å². The van der Waals surface area contributed by atoms with Gasteiger partial charge in [-0.1, -0.05) is 20.8 Å². The van der Waals surface area contributed by atoms with Gasteiger partial charge < -0.3 is 4.90 Å². The zero-order chi connectivity index (χ0) is 14.0. The van der Waals surface area contributed by atoms with Crippen molar-refractivity contribution >= 4 is 5.69 Å². The van der Waals surface area contributed by atoms with Gasteiger partial charge in [0.25, 0.3) is 0 Å². The van der Waals surface area contributed by atoms with Gasteiger partial charge >= 0.3 is 0 Å². The fourth-order valence-corrected chi connectivity index (χ4v) is 2.37. The van der Waals surface area contributed by atoms with Crippen LogP contribution in [0.25, 0.3) is 0 Å². The summed E-state index contributed by atoms with van der Waals surface area (Å²) in [6.45, 7) is 15.3. The molecule has 2 heterocycles. The summed E-state index contributed by atoms with van der Waals surface area (Å²) in [6.07, 6.45) is 3.94. The maximum absolute atomic E-state index is 4.51. The smallest absolute Gasteiger partial charge is 0.133 e. The summed E-state index contributed by atoms with van der Waals surface area (Å²) in [5.74, 6) is 0.914. The van der Waals surface area contributed by atoms with E-state index in [9.17, 15) is 0 Å². The second-order valence-corrected chi connectivity index (χ2v) is 6.63. The van der Waals surface area contributed by atoms with E-state index in [4.69, 9.17) is 0 Å². The standard InChI is InChI=1S/C15H26N4/c1-12(2)18-6-8-19(9-7-18)13-10-16-14(17-11-13)15(3,4)5/h10-12H,6-9H2,1-5H3. The Morgan fingerprint density at radius 3 is 1.95 bits per heavy atom. The van der Waals surface area contributed by atoms with Crippen molar-refractivity contribution < 1.29 is 0 Å². The monoisotopic (exact) mass is 262 g/mol. The molecule has 1 saturated heterocycles. The molecule has 1 fully saturated rings. The van der Waals surface area contributed by atoms with E-state index < -0.39 is 0 Å². The minimum atomic E-state index is 0.0227. The number of aromatic nitrogens is 2. The Morgan fingerprint density at radius 1 is 1.00 bits per heavy atom. The van der Waals surface area contributed by atoms with E-state index in [0.717, 1.165) is 37.7 Å². The molecule has 0 spiro atoms. The summed E-state index contributed by atoms with van der Waals surface area (Å²) >= 11 is 0. The first-order chi connectivity index (χ1) is 8.88. The zero-order valence-corrected chi connectivity index (χ0v) is 12.8. The van der Waals surface area contributed by atoms with Crippen LogP contribution in [0.3, 0.4) is 0 Å². The molecule has 4 heteroatoms. The molecule has 4 nitrogen and oxygen atoms in total. The molecule has 0 N–H and O–H groups in total. The molecule has 0 aliphatic carbocycles. The Kier molecular flexibility index (Phi) is 4.09. The third-order valence-electron chi connectivity index (χ3n) is 3.72. The van der Waals surface area contributed by atoms with Crippen LogP contribution < -0.4 is 4.90 Å². The first kappa shape index (κ1) is 14.3. The van der Waals surface area contributed by atoms with Crippen LogP contribution in [0.1, 0.15) is 40.4 Å². The molecule has 1 aliphatic rings. The molecule has 1 aromatic rings. The summed E-state index contributed by atoms with van der Waals surface area (Å²) in [5, 5.41) is 0. The Hall–Kier alpha value is -1.16. The van der Waals surface area contributed by atoms with E-state index in [1.165, 1.54) is 0 Å². The van der Waals surface area contributed by atoms with E-state index >= 15 is 0 Å². The summed E-state index contributed by atoms with van der Waals surface area (Å²) in [6, 6.07) is 0.640. The molecule has 0 aromatic carbocycles. The van der Waals surface area contributed by atoms with Gasteiger partial charge in [0.1, 0.15) is 5.82 Å². The van der Waals surface area contributed by atoms with Crippen molar-refractivity contribution in [3.05, 3.63) is 18.2 Å². The highest BCUT2D eigenvalue weighted by Gasteiger charge is 2.21. The van der Waals surface area contributed by atoms with Crippen molar-refractivity contribution in [2.24, 2.45) is 0 Å². The van der Waals surface area contributed by atoms with Gasteiger partial charge in [-0.2, -0.15) is 0 Å². The fourth-order valence-electron chi connectivity index (χ4n) is 2.37. The lowest BCUT2D eigenvalue weighted by Gasteiger charge is -2.37. The molecule has 0 unspecified atom stereocenters. The molecule has 1 aliphatic heterocycles. The van der Waals surface area contributed by atoms with Crippen molar-refractivity contribution in [3.63, 3.8) is 0 Å². The van der Waals surface area contributed by atoms with E-state index in [2.05, 4.69) is 54.4 Å². The number of piperazine rings is 1. The third kappa shape index (κ3) is 3.44. The quantitative estimate of drug-likeness (QED) is 0.818. The first-order valence-electron chi connectivity index (χ1n) is 7.19. The van der Waals surface area contributed by atoms with Gasteiger partial charge in [-0.25, -0.2) is 9.97 Å². The molecule has 2 rings (SSSR count). The highest BCUT2D eigenvalue weighted by atomic mass is 15.3. The highest BCUT2D eigenvalue weighted by Crippen LogP contribution is 2.20. The fraction of sp³-hybridized carbons (Fsp3) is 0.733. The van der Waals surface area contributed by atoms with Gasteiger partial charge in [0.15, 0.2) is 0 Å². The largest absolute Gasteiger partial charge is 0.366 e. The topological polar surface area (TPSA) is 32.3 Å². The Balaban J connectivity index is 2.00. The molecular formula is C15H26N4. The molecule has 1 aromatic heterocycles. The Morgan fingerprint density at radius 2 is 1.53 bits per heavy atom. The van der Waals surface area contributed by atoms with Gasteiger partial charge in [-0.15, -0.1) is 0 Å². The van der Waals surface area contributed by atoms with Crippen LogP contribution in [0.2, 0.25) is 0 Å². The van der Waals surface area contributed by atoms with Gasteiger partial charge in [0.2, 0.25) is 0 Å². The van der Waals surface area contributed by atoms with Gasteiger partial charge in [-0.05, 0) is 13.8 Å². The molecular weight excluding hydrogens is 236 g/mol. The minimum absolute atomic E-state index is 0.0227. The predicted octanol–water partition coefficient (Wildman–Crippen LogP) is 2.30. The van der Waals surface area contributed by atoms with Crippen molar-refractivity contribution in [3.8, 4) is 0 Å². The second kappa shape index (κ2) is 5.45. The van der Waals surface area contributed by atoms with E-state index in [0.29, 0.717) is 6.04 Å². The summed E-state index contributed by atoms with van der Waals surface area (Å²) in [7, 11) is 0. The zero-order valence-electron chi connectivity index (χ0n) is 12.8. The normalized spacial score (nSPS) is 18.1. The van der Waals surface area contributed by atoms with Gasteiger partial charge in [0.05, 0.1) is 18.1 Å². The maximum atomic E-state index is 4.51. The predicted molar refractivity (Wildman–Crippen MR) is 79.7 cm³/mol. The van der Waals surface area contributed by atoms with Crippen molar-refractivity contribution in [2.75, 3.05) is 31.1 Å². The summed E-state index contributed by atoms with van der Waals surface area (Å²) in [5.41, 5.74) is 1.17. The van der Waals surface area contributed by atoms with Crippen LogP contribution in [-0.4, -0.2) is 47.1 Å². The Bertz CT molecular complexity index is 397. The van der Waals surface area contributed by atoms with E-state index in [1.54, 1.807) is 0 Å². The number of anilines is 1.